The van der Waals surface area contributed by atoms with Gasteiger partial charge in [-0.1, -0.05) is 66.2 Å². The second kappa shape index (κ2) is 8.11. The third-order valence-corrected chi connectivity index (χ3v) is 4.49. The number of anilines is 1. The molecule has 0 aliphatic heterocycles. The maximum Gasteiger partial charge on any atom is 0.171 e. The van der Waals surface area contributed by atoms with Gasteiger partial charge >= 0.3 is 0 Å². The van der Waals surface area contributed by atoms with Gasteiger partial charge in [0.2, 0.25) is 0 Å². The van der Waals surface area contributed by atoms with Crippen molar-refractivity contribution in [2.45, 2.75) is 19.9 Å². The van der Waals surface area contributed by atoms with Crippen molar-refractivity contribution in [3.63, 3.8) is 0 Å². The molecule has 132 valence electrons. The summed E-state index contributed by atoms with van der Waals surface area (Å²) in [5.74, 6) is -0.334. The Morgan fingerprint density at radius 1 is 0.923 bits per heavy atom. The van der Waals surface area contributed by atoms with Crippen LogP contribution in [-0.4, -0.2) is 5.11 Å². The summed E-state index contributed by atoms with van der Waals surface area (Å²) in [6, 6.07) is 22.8. The summed E-state index contributed by atoms with van der Waals surface area (Å²) in [6.07, 6.45) is 0. The highest BCUT2D eigenvalue weighted by atomic mass is 32.1. The number of hydrogen-bond donors (Lipinski definition) is 2. The molecule has 0 heterocycles. The Bertz CT molecular complexity index is 909. The van der Waals surface area contributed by atoms with Crippen molar-refractivity contribution < 1.29 is 4.39 Å². The number of nitrogens with one attached hydrogen (secondary N) is 2. The largest absolute Gasteiger partial charge is 0.352 e. The summed E-state index contributed by atoms with van der Waals surface area (Å²) in [5.41, 5.74) is 4.99. The molecule has 0 fully saturated rings. The summed E-state index contributed by atoms with van der Waals surface area (Å²) in [7, 11) is 0. The van der Waals surface area contributed by atoms with Crippen LogP contribution >= 0.6 is 12.2 Å². The lowest BCUT2D eigenvalue weighted by Crippen LogP contribution is -2.33. The van der Waals surface area contributed by atoms with E-state index in [1.807, 2.05) is 18.2 Å². The number of para-hydroxylation sites is 1. The zero-order valence-corrected chi connectivity index (χ0v) is 15.6. The monoisotopic (exact) mass is 364 g/mol. The molecule has 0 saturated carbocycles. The van der Waals surface area contributed by atoms with Crippen molar-refractivity contribution in [2.75, 3.05) is 5.32 Å². The van der Waals surface area contributed by atoms with Crippen molar-refractivity contribution in [2.24, 2.45) is 0 Å². The number of rotatable bonds is 4. The molecule has 0 unspecified atom stereocenters. The average molecular weight is 364 g/mol. The Morgan fingerprint density at radius 3 is 2.31 bits per heavy atom. The zero-order valence-electron chi connectivity index (χ0n) is 14.8. The SMILES string of the molecule is Cc1ccc([C@@H](NC(=S)Nc2ccccc2F)c2ccccc2)c(C)c1. The molecule has 3 rings (SSSR count). The van der Waals surface area contributed by atoms with Crippen LogP contribution in [-0.2, 0) is 0 Å². The van der Waals surface area contributed by atoms with E-state index in [0.29, 0.717) is 10.8 Å². The normalized spacial score (nSPS) is 11.7. The molecular formula is C22H21FN2S. The summed E-state index contributed by atoms with van der Waals surface area (Å²) in [4.78, 5) is 0. The van der Waals surface area contributed by atoms with Crippen molar-refractivity contribution in [3.8, 4) is 0 Å². The molecule has 1 atom stereocenters. The molecular weight excluding hydrogens is 343 g/mol. The van der Waals surface area contributed by atoms with E-state index < -0.39 is 0 Å². The second-order valence-electron chi connectivity index (χ2n) is 6.28. The predicted molar refractivity (Wildman–Crippen MR) is 110 cm³/mol. The van der Waals surface area contributed by atoms with E-state index in [-0.39, 0.29) is 11.9 Å². The van der Waals surface area contributed by atoms with E-state index in [2.05, 4.69) is 54.8 Å². The molecule has 3 aromatic carbocycles. The maximum atomic E-state index is 13.9. The molecule has 0 aliphatic rings. The molecule has 0 spiro atoms. The van der Waals surface area contributed by atoms with Gasteiger partial charge in [0.1, 0.15) is 5.82 Å². The minimum absolute atomic E-state index is 0.122. The van der Waals surface area contributed by atoms with Gasteiger partial charge in [0.15, 0.2) is 5.11 Å². The van der Waals surface area contributed by atoms with E-state index in [9.17, 15) is 4.39 Å². The Kier molecular flexibility index (Phi) is 5.64. The van der Waals surface area contributed by atoms with Crippen molar-refractivity contribution in [1.29, 1.82) is 0 Å². The molecule has 0 radical (unpaired) electrons. The lowest BCUT2D eigenvalue weighted by Gasteiger charge is -2.24. The molecule has 0 aliphatic carbocycles. The van der Waals surface area contributed by atoms with E-state index in [0.717, 1.165) is 11.1 Å². The van der Waals surface area contributed by atoms with Gasteiger partial charge in [-0.3, -0.25) is 0 Å². The summed E-state index contributed by atoms with van der Waals surface area (Å²) in [5, 5.41) is 6.67. The van der Waals surface area contributed by atoms with Crippen LogP contribution in [0.2, 0.25) is 0 Å². The first-order chi connectivity index (χ1) is 12.5. The molecule has 2 nitrogen and oxygen atoms in total. The van der Waals surface area contributed by atoms with Crippen molar-refractivity contribution in [1.82, 2.24) is 5.32 Å². The van der Waals surface area contributed by atoms with Crippen LogP contribution in [0.4, 0.5) is 10.1 Å². The fraction of sp³-hybridized carbons (Fsp3) is 0.136. The van der Waals surface area contributed by atoms with Crippen LogP contribution in [0.5, 0.6) is 0 Å². The molecule has 0 saturated heterocycles. The van der Waals surface area contributed by atoms with Gasteiger partial charge in [0.25, 0.3) is 0 Å². The van der Waals surface area contributed by atoms with Crippen molar-refractivity contribution >= 4 is 23.0 Å². The molecule has 4 heteroatoms. The highest BCUT2D eigenvalue weighted by molar-refractivity contribution is 7.80. The number of benzene rings is 3. The van der Waals surface area contributed by atoms with Gasteiger partial charge in [-0.05, 0) is 54.9 Å². The fourth-order valence-corrected chi connectivity index (χ4v) is 3.22. The van der Waals surface area contributed by atoms with E-state index in [1.54, 1.807) is 18.2 Å². The van der Waals surface area contributed by atoms with Crippen molar-refractivity contribution in [3.05, 3.63) is 101 Å². The highest BCUT2D eigenvalue weighted by Crippen LogP contribution is 2.26. The predicted octanol–water partition coefficient (Wildman–Crippen LogP) is 5.52. The molecule has 0 amide bonds. The fourth-order valence-electron chi connectivity index (χ4n) is 2.99. The van der Waals surface area contributed by atoms with Gasteiger partial charge in [0.05, 0.1) is 11.7 Å². The first kappa shape index (κ1) is 18.1. The molecule has 0 aromatic heterocycles. The molecule has 2 N–H and O–H groups in total. The standard InChI is InChI=1S/C22H21FN2S/c1-15-12-13-18(16(2)14-15)21(17-8-4-3-5-9-17)25-22(26)24-20-11-7-6-10-19(20)23/h3-14,21H,1-2H3,(H2,24,25,26)/t21-/m0/s1. The van der Waals surface area contributed by atoms with Crippen LogP contribution in [0.25, 0.3) is 0 Å². The topological polar surface area (TPSA) is 24.1 Å². The van der Waals surface area contributed by atoms with Gasteiger partial charge in [0, 0.05) is 0 Å². The van der Waals surface area contributed by atoms with Gasteiger partial charge in [-0.15, -0.1) is 0 Å². The second-order valence-corrected chi connectivity index (χ2v) is 6.69. The Morgan fingerprint density at radius 2 is 1.62 bits per heavy atom. The number of thiocarbonyl (C=S) groups is 1. The van der Waals surface area contributed by atoms with Gasteiger partial charge in [-0.2, -0.15) is 0 Å². The molecule has 0 bridgehead atoms. The van der Waals surface area contributed by atoms with Crippen LogP contribution in [0, 0.1) is 19.7 Å². The van der Waals surface area contributed by atoms with Crippen LogP contribution in [0.3, 0.4) is 0 Å². The van der Waals surface area contributed by atoms with E-state index in [4.69, 9.17) is 12.2 Å². The first-order valence-corrected chi connectivity index (χ1v) is 8.89. The van der Waals surface area contributed by atoms with Gasteiger partial charge in [-0.25, -0.2) is 4.39 Å². The van der Waals surface area contributed by atoms with Gasteiger partial charge < -0.3 is 10.6 Å². The first-order valence-electron chi connectivity index (χ1n) is 8.49. The third kappa shape index (κ3) is 4.27. The zero-order chi connectivity index (χ0) is 18.5. The van der Waals surface area contributed by atoms with Crippen LogP contribution < -0.4 is 10.6 Å². The van der Waals surface area contributed by atoms with Crippen LogP contribution in [0.15, 0.2) is 72.8 Å². The van der Waals surface area contributed by atoms with E-state index in [1.165, 1.54) is 17.2 Å². The summed E-state index contributed by atoms with van der Waals surface area (Å²) < 4.78 is 13.9. The number of aryl methyl sites for hydroxylation is 2. The maximum absolute atomic E-state index is 13.9. The molecule has 26 heavy (non-hydrogen) atoms. The average Bonchev–Trinajstić information content (AvgIpc) is 2.63. The molecule has 3 aromatic rings. The lowest BCUT2D eigenvalue weighted by atomic mass is 9.94. The third-order valence-electron chi connectivity index (χ3n) is 4.27. The smallest absolute Gasteiger partial charge is 0.171 e. The summed E-state index contributed by atoms with van der Waals surface area (Å²) >= 11 is 5.45. The Hall–Kier alpha value is -2.72. The highest BCUT2D eigenvalue weighted by Gasteiger charge is 2.17. The number of halogens is 1. The minimum Gasteiger partial charge on any atom is -0.352 e. The van der Waals surface area contributed by atoms with Crippen LogP contribution in [0.1, 0.15) is 28.3 Å². The van der Waals surface area contributed by atoms with E-state index >= 15 is 0 Å². The minimum atomic E-state index is -0.334. The number of hydrogen-bond acceptors (Lipinski definition) is 1. The lowest BCUT2D eigenvalue weighted by molar-refractivity contribution is 0.632. The Labute approximate surface area is 159 Å². The quantitative estimate of drug-likeness (QED) is 0.596. The Balaban J connectivity index is 1.89. The summed E-state index contributed by atoms with van der Waals surface area (Å²) in [6.45, 7) is 4.17.